The van der Waals surface area contributed by atoms with Gasteiger partial charge in [-0.2, -0.15) is 0 Å². The Morgan fingerprint density at radius 3 is 2.65 bits per heavy atom. The van der Waals surface area contributed by atoms with Crippen LogP contribution < -0.4 is 15.4 Å². The van der Waals surface area contributed by atoms with Gasteiger partial charge in [0.1, 0.15) is 5.75 Å². The molecule has 0 atom stereocenters. The van der Waals surface area contributed by atoms with E-state index < -0.39 is 0 Å². The summed E-state index contributed by atoms with van der Waals surface area (Å²) in [5.41, 5.74) is 1.90. The highest BCUT2D eigenvalue weighted by molar-refractivity contribution is 9.10. The van der Waals surface area contributed by atoms with Gasteiger partial charge in [-0.05, 0) is 18.2 Å². The number of rotatable bonds is 4. The third kappa shape index (κ3) is 2.76. The maximum atomic E-state index is 5.38. The molecule has 5 nitrogen and oxygen atoms in total. The van der Waals surface area contributed by atoms with E-state index in [-0.39, 0.29) is 0 Å². The second kappa shape index (κ2) is 5.76. The van der Waals surface area contributed by atoms with Crippen molar-refractivity contribution in [1.29, 1.82) is 0 Å². The van der Waals surface area contributed by atoms with E-state index in [0.717, 1.165) is 34.4 Å². The molecule has 6 heteroatoms. The van der Waals surface area contributed by atoms with Crippen LogP contribution in [0.3, 0.4) is 0 Å². The first kappa shape index (κ1) is 13.3. The molecule has 1 aromatic heterocycles. The first-order chi connectivity index (χ1) is 9.76. The van der Waals surface area contributed by atoms with E-state index in [4.69, 9.17) is 4.74 Å². The fraction of sp³-hybridized carbons (Fsp3) is 0.286. The van der Waals surface area contributed by atoms with Gasteiger partial charge in [-0.1, -0.05) is 15.9 Å². The topological polar surface area (TPSA) is 59.1 Å². The van der Waals surface area contributed by atoms with E-state index in [1.54, 1.807) is 7.11 Å². The van der Waals surface area contributed by atoms with Crippen molar-refractivity contribution in [2.75, 3.05) is 25.5 Å². The molecule has 2 heterocycles. The summed E-state index contributed by atoms with van der Waals surface area (Å²) in [4.78, 5) is 8.72. The zero-order valence-corrected chi connectivity index (χ0v) is 12.6. The van der Waals surface area contributed by atoms with Crippen LogP contribution in [0.15, 0.2) is 35.1 Å². The van der Waals surface area contributed by atoms with Crippen molar-refractivity contribution >= 4 is 21.9 Å². The van der Waals surface area contributed by atoms with Crippen molar-refractivity contribution in [1.82, 2.24) is 15.3 Å². The molecule has 0 bridgehead atoms. The van der Waals surface area contributed by atoms with Crippen LogP contribution in [0.4, 0.5) is 5.95 Å². The highest BCUT2D eigenvalue weighted by Crippen LogP contribution is 2.32. The maximum Gasteiger partial charge on any atom is 0.222 e. The molecule has 1 aromatic carbocycles. The molecule has 3 rings (SSSR count). The predicted molar refractivity (Wildman–Crippen MR) is 82.0 cm³/mol. The molecule has 0 amide bonds. The summed E-state index contributed by atoms with van der Waals surface area (Å²) in [6.45, 7) is 1.93. The molecule has 2 N–H and O–H groups in total. The summed E-state index contributed by atoms with van der Waals surface area (Å²) in [7, 11) is 1.66. The molecular weight excluding hydrogens is 320 g/mol. The van der Waals surface area contributed by atoms with Crippen LogP contribution in [-0.4, -0.2) is 36.2 Å². The number of benzene rings is 1. The minimum absolute atomic E-state index is 0.432. The number of hydrogen-bond acceptors (Lipinski definition) is 5. The number of nitrogens with one attached hydrogen (secondary N) is 2. The van der Waals surface area contributed by atoms with Crippen LogP contribution in [-0.2, 0) is 0 Å². The fourth-order valence-electron chi connectivity index (χ4n) is 2.02. The van der Waals surface area contributed by atoms with Crippen molar-refractivity contribution in [3.8, 4) is 16.9 Å². The third-order valence-electron chi connectivity index (χ3n) is 3.24. The molecule has 0 radical (unpaired) electrons. The number of aromatic nitrogens is 2. The van der Waals surface area contributed by atoms with Crippen molar-refractivity contribution in [3.05, 3.63) is 35.1 Å². The number of nitrogens with zero attached hydrogens (tertiary/aromatic N) is 2. The van der Waals surface area contributed by atoms with Gasteiger partial charge in [0.15, 0.2) is 0 Å². The standard InChI is InChI=1S/C14H15BrN4O/c1-20-13-3-2-10(15)4-12(13)9-5-17-14(18-6-9)19-11-7-16-8-11/h2-6,11,16H,7-8H2,1H3,(H,17,18,19). The van der Waals surface area contributed by atoms with Gasteiger partial charge in [-0.25, -0.2) is 9.97 Å². The maximum absolute atomic E-state index is 5.38. The Labute approximate surface area is 125 Å². The smallest absolute Gasteiger partial charge is 0.222 e. The molecule has 104 valence electrons. The molecule has 2 aromatic rings. The van der Waals surface area contributed by atoms with E-state index in [0.29, 0.717) is 12.0 Å². The Morgan fingerprint density at radius 2 is 2.05 bits per heavy atom. The summed E-state index contributed by atoms with van der Waals surface area (Å²) in [5, 5.41) is 6.47. The predicted octanol–water partition coefficient (Wildman–Crippen LogP) is 2.30. The monoisotopic (exact) mass is 334 g/mol. The fourth-order valence-corrected chi connectivity index (χ4v) is 2.38. The second-order valence-corrected chi connectivity index (χ2v) is 5.56. The number of anilines is 1. The van der Waals surface area contributed by atoms with Crippen molar-refractivity contribution in [2.24, 2.45) is 0 Å². The van der Waals surface area contributed by atoms with Gasteiger partial charge < -0.3 is 15.4 Å². The molecule has 1 saturated heterocycles. The van der Waals surface area contributed by atoms with Crippen molar-refractivity contribution in [3.63, 3.8) is 0 Å². The van der Waals surface area contributed by atoms with Crippen LogP contribution in [0.25, 0.3) is 11.1 Å². The number of hydrogen-bond donors (Lipinski definition) is 2. The Bertz CT molecular complexity index is 599. The van der Waals surface area contributed by atoms with E-state index in [1.807, 2.05) is 30.6 Å². The molecular formula is C14H15BrN4O. The number of ether oxygens (including phenoxy) is 1. The number of halogens is 1. The van der Waals surface area contributed by atoms with Gasteiger partial charge >= 0.3 is 0 Å². The lowest BCUT2D eigenvalue weighted by Gasteiger charge is -2.27. The molecule has 1 fully saturated rings. The summed E-state index contributed by atoms with van der Waals surface area (Å²) in [5.74, 6) is 1.47. The summed E-state index contributed by atoms with van der Waals surface area (Å²) in [6, 6.07) is 6.30. The highest BCUT2D eigenvalue weighted by Gasteiger charge is 2.17. The lowest BCUT2D eigenvalue weighted by molar-refractivity contribution is 0.416. The van der Waals surface area contributed by atoms with Crippen LogP contribution in [0.2, 0.25) is 0 Å². The molecule has 1 aliphatic rings. The lowest BCUT2D eigenvalue weighted by Crippen LogP contribution is -2.51. The molecule has 20 heavy (non-hydrogen) atoms. The minimum Gasteiger partial charge on any atom is -0.496 e. The normalized spacial score (nSPS) is 14.7. The van der Waals surface area contributed by atoms with Gasteiger partial charge in [-0.3, -0.25) is 0 Å². The number of methoxy groups -OCH3 is 1. The van der Waals surface area contributed by atoms with Gasteiger partial charge in [0, 0.05) is 41.1 Å². The van der Waals surface area contributed by atoms with Gasteiger partial charge in [0.25, 0.3) is 0 Å². The first-order valence-electron chi connectivity index (χ1n) is 6.39. The summed E-state index contributed by atoms with van der Waals surface area (Å²) in [6.07, 6.45) is 3.62. The van der Waals surface area contributed by atoms with Crippen molar-refractivity contribution < 1.29 is 4.74 Å². The molecule has 0 aliphatic carbocycles. The highest BCUT2D eigenvalue weighted by atomic mass is 79.9. The average molecular weight is 335 g/mol. The van der Waals surface area contributed by atoms with Crippen LogP contribution >= 0.6 is 15.9 Å². The van der Waals surface area contributed by atoms with E-state index in [9.17, 15) is 0 Å². The van der Waals surface area contributed by atoms with Crippen LogP contribution in [0, 0.1) is 0 Å². The Hall–Kier alpha value is -1.66. The summed E-state index contributed by atoms with van der Waals surface area (Å²) >= 11 is 3.47. The zero-order valence-electron chi connectivity index (χ0n) is 11.1. The first-order valence-corrected chi connectivity index (χ1v) is 7.19. The molecule has 0 unspecified atom stereocenters. The SMILES string of the molecule is COc1ccc(Br)cc1-c1cnc(NC2CNC2)nc1. The Morgan fingerprint density at radius 1 is 1.30 bits per heavy atom. The Kier molecular flexibility index (Phi) is 3.84. The minimum atomic E-state index is 0.432. The molecule has 1 aliphatic heterocycles. The lowest BCUT2D eigenvalue weighted by atomic mass is 10.1. The van der Waals surface area contributed by atoms with Gasteiger partial charge in [-0.15, -0.1) is 0 Å². The molecule has 0 saturated carbocycles. The Balaban J connectivity index is 1.84. The quantitative estimate of drug-likeness (QED) is 0.898. The average Bonchev–Trinajstić information content (AvgIpc) is 2.43. The van der Waals surface area contributed by atoms with Crippen LogP contribution in [0.5, 0.6) is 5.75 Å². The van der Waals surface area contributed by atoms with E-state index >= 15 is 0 Å². The van der Waals surface area contributed by atoms with E-state index in [2.05, 4.69) is 36.5 Å². The van der Waals surface area contributed by atoms with E-state index in [1.165, 1.54) is 0 Å². The third-order valence-corrected chi connectivity index (χ3v) is 3.73. The zero-order chi connectivity index (χ0) is 13.9. The largest absolute Gasteiger partial charge is 0.496 e. The van der Waals surface area contributed by atoms with Gasteiger partial charge in [0.05, 0.1) is 13.2 Å². The molecule has 0 spiro atoms. The van der Waals surface area contributed by atoms with Crippen LogP contribution in [0.1, 0.15) is 0 Å². The van der Waals surface area contributed by atoms with Gasteiger partial charge in [0.2, 0.25) is 5.95 Å². The van der Waals surface area contributed by atoms with Crippen molar-refractivity contribution in [2.45, 2.75) is 6.04 Å². The second-order valence-electron chi connectivity index (χ2n) is 4.64. The summed E-state index contributed by atoms with van der Waals surface area (Å²) < 4.78 is 6.37.